The van der Waals surface area contributed by atoms with E-state index in [0.717, 1.165) is 10.2 Å². The lowest BCUT2D eigenvalue weighted by Crippen LogP contribution is -1.96. The Kier molecular flexibility index (Phi) is 3.74. The molecule has 0 unspecified atom stereocenters. The van der Waals surface area contributed by atoms with E-state index in [2.05, 4.69) is 20.9 Å². The number of halogens is 2. The van der Waals surface area contributed by atoms with Crippen LogP contribution in [-0.4, -0.2) is 4.98 Å². The third kappa shape index (κ3) is 3.27. The number of hydrogen-bond donors (Lipinski definition) is 0. The van der Waals surface area contributed by atoms with E-state index in [9.17, 15) is 4.39 Å². The van der Waals surface area contributed by atoms with Crippen molar-refractivity contribution in [3.8, 4) is 5.75 Å². The first-order chi connectivity index (χ1) is 8.15. The fourth-order valence-electron chi connectivity index (χ4n) is 1.32. The number of aromatic nitrogens is 1. The molecule has 0 amide bonds. The van der Waals surface area contributed by atoms with Crippen molar-refractivity contribution in [3.63, 3.8) is 0 Å². The Morgan fingerprint density at radius 1 is 1.29 bits per heavy atom. The summed E-state index contributed by atoms with van der Waals surface area (Å²) in [6.07, 6.45) is 1.72. The number of hydrogen-bond acceptors (Lipinski definition) is 2. The molecule has 0 saturated heterocycles. The van der Waals surface area contributed by atoms with Crippen LogP contribution in [-0.2, 0) is 6.61 Å². The number of ether oxygens (including phenoxy) is 1. The van der Waals surface area contributed by atoms with Gasteiger partial charge in [-0.05, 0) is 40.5 Å². The molecule has 4 heteroatoms. The Morgan fingerprint density at radius 2 is 2.12 bits per heavy atom. The Labute approximate surface area is 108 Å². The Bertz CT molecular complexity index is 513. The van der Waals surface area contributed by atoms with Gasteiger partial charge in [0, 0.05) is 17.8 Å². The highest BCUT2D eigenvalue weighted by molar-refractivity contribution is 9.10. The molecular weight excluding hydrogens is 285 g/mol. The zero-order valence-corrected chi connectivity index (χ0v) is 10.9. The molecule has 0 spiro atoms. The van der Waals surface area contributed by atoms with Crippen molar-refractivity contribution >= 4 is 15.9 Å². The molecule has 2 aromatic rings. The third-order valence-corrected chi connectivity index (χ3v) is 2.81. The Hall–Kier alpha value is -1.42. The molecule has 0 radical (unpaired) electrons. The molecule has 0 aliphatic heterocycles. The van der Waals surface area contributed by atoms with E-state index in [-0.39, 0.29) is 5.82 Å². The van der Waals surface area contributed by atoms with E-state index in [1.54, 1.807) is 25.3 Å². The summed E-state index contributed by atoms with van der Waals surface area (Å²) in [5, 5.41) is 0. The molecule has 0 bridgehead atoms. The second-order valence-electron chi connectivity index (χ2n) is 3.69. The van der Waals surface area contributed by atoms with Gasteiger partial charge in [0.1, 0.15) is 22.8 Å². The molecule has 0 fully saturated rings. The minimum absolute atomic E-state index is 0.253. The van der Waals surface area contributed by atoms with Gasteiger partial charge in [0.25, 0.3) is 0 Å². The van der Waals surface area contributed by atoms with Gasteiger partial charge in [-0.15, -0.1) is 0 Å². The van der Waals surface area contributed by atoms with Crippen LogP contribution >= 0.6 is 15.9 Å². The van der Waals surface area contributed by atoms with Crippen LogP contribution in [0.25, 0.3) is 0 Å². The van der Waals surface area contributed by atoms with Crippen molar-refractivity contribution in [3.05, 3.63) is 58.1 Å². The summed E-state index contributed by atoms with van der Waals surface area (Å²) in [7, 11) is 0. The van der Waals surface area contributed by atoms with Crippen molar-refractivity contribution < 1.29 is 9.13 Å². The van der Waals surface area contributed by atoms with E-state index in [1.807, 2.05) is 12.1 Å². The van der Waals surface area contributed by atoms with Crippen molar-refractivity contribution in [2.75, 3.05) is 0 Å². The molecule has 0 aliphatic carbocycles. The van der Waals surface area contributed by atoms with Gasteiger partial charge in [-0.1, -0.05) is 12.1 Å². The molecule has 1 heterocycles. The maximum absolute atomic E-state index is 13.3. The molecular formula is C13H11BrFNO. The van der Waals surface area contributed by atoms with E-state index in [1.165, 1.54) is 6.07 Å². The molecule has 0 saturated carbocycles. The Balaban J connectivity index is 2.02. The van der Waals surface area contributed by atoms with E-state index in [4.69, 9.17) is 4.74 Å². The lowest BCUT2D eigenvalue weighted by atomic mass is 10.2. The zero-order chi connectivity index (χ0) is 12.3. The lowest BCUT2D eigenvalue weighted by Gasteiger charge is -2.07. The van der Waals surface area contributed by atoms with Gasteiger partial charge in [-0.25, -0.2) is 9.37 Å². The maximum Gasteiger partial charge on any atom is 0.129 e. The number of nitrogens with zero attached hydrogens (tertiary/aromatic N) is 1. The molecule has 1 aromatic heterocycles. The van der Waals surface area contributed by atoms with E-state index in [0.29, 0.717) is 17.9 Å². The van der Waals surface area contributed by atoms with Gasteiger partial charge in [-0.3, -0.25) is 0 Å². The van der Waals surface area contributed by atoms with Crippen molar-refractivity contribution in [1.29, 1.82) is 0 Å². The van der Waals surface area contributed by atoms with Crippen LogP contribution in [0.4, 0.5) is 4.39 Å². The predicted molar refractivity (Wildman–Crippen MR) is 67.4 cm³/mol. The highest BCUT2D eigenvalue weighted by atomic mass is 79.9. The number of aryl methyl sites for hydroxylation is 1. The minimum atomic E-state index is -0.253. The fraction of sp³-hybridized carbons (Fsp3) is 0.154. The summed E-state index contributed by atoms with van der Waals surface area (Å²) < 4.78 is 19.5. The molecule has 1 aromatic carbocycles. The van der Waals surface area contributed by atoms with Gasteiger partial charge in [0.15, 0.2) is 0 Å². The molecule has 0 atom stereocenters. The Morgan fingerprint density at radius 3 is 2.76 bits per heavy atom. The highest BCUT2D eigenvalue weighted by Gasteiger charge is 2.01. The van der Waals surface area contributed by atoms with Crippen LogP contribution in [0.3, 0.4) is 0 Å². The van der Waals surface area contributed by atoms with Crippen LogP contribution in [0.15, 0.2) is 41.1 Å². The van der Waals surface area contributed by atoms with Crippen LogP contribution in [0.1, 0.15) is 11.1 Å². The maximum atomic E-state index is 13.3. The lowest BCUT2D eigenvalue weighted by molar-refractivity contribution is 0.304. The quantitative estimate of drug-likeness (QED) is 0.802. The van der Waals surface area contributed by atoms with Crippen molar-refractivity contribution in [2.45, 2.75) is 13.5 Å². The molecule has 17 heavy (non-hydrogen) atoms. The number of benzene rings is 1. The predicted octanol–water partition coefficient (Wildman–Crippen LogP) is 3.87. The minimum Gasteiger partial charge on any atom is -0.489 e. The fourth-order valence-corrected chi connectivity index (χ4v) is 1.56. The average Bonchev–Trinajstić information content (AvgIpc) is 2.33. The number of rotatable bonds is 3. The summed E-state index contributed by atoms with van der Waals surface area (Å²) in [4.78, 5) is 4.09. The van der Waals surface area contributed by atoms with Crippen molar-refractivity contribution in [2.24, 2.45) is 0 Å². The van der Waals surface area contributed by atoms with Crippen LogP contribution in [0.5, 0.6) is 5.75 Å². The van der Waals surface area contributed by atoms with Crippen LogP contribution < -0.4 is 4.74 Å². The summed E-state index contributed by atoms with van der Waals surface area (Å²) >= 11 is 3.26. The summed E-state index contributed by atoms with van der Waals surface area (Å²) in [5.74, 6) is 0.271. The SMILES string of the molecule is Cc1ccc(OCc2ccc(Br)nc2)cc1F. The first-order valence-electron chi connectivity index (χ1n) is 5.14. The zero-order valence-electron chi connectivity index (χ0n) is 9.28. The summed E-state index contributed by atoms with van der Waals surface area (Å²) in [5.41, 5.74) is 1.55. The molecule has 0 aliphatic rings. The topological polar surface area (TPSA) is 22.1 Å². The summed E-state index contributed by atoms with van der Waals surface area (Å²) in [6.45, 7) is 2.10. The second-order valence-corrected chi connectivity index (χ2v) is 4.50. The molecule has 0 N–H and O–H groups in total. The molecule has 2 rings (SSSR count). The summed E-state index contributed by atoms with van der Waals surface area (Å²) in [6, 6.07) is 8.59. The average molecular weight is 296 g/mol. The van der Waals surface area contributed by atoms with Gasteiger partial charge in [-0.2, -0.15) is 0 Å². The first-order valence-corrected chi connectivity index (χ1v) is 5.94. The van der Waals surface area contributed by atoms with Crippen molar-refractivity contribution in [1.82, 2.24) is 4.98 Å². The monoisotopic (exact) mass is 295 g/mol. The van der Waals surface area contributed by atoms with Gasteiger partial charge < -0.3 is 4.74 Å². The normalized spacial score (nSPS) is 10.3. The standard InChI is InChI=1S/C13H11BrFNO/c1-9-2-4-11(6-12(9)15)17-8-10-3-5-13(14)16-7-10/h2-7H,8H2,1H3. The van der Waals surface area contributed by atoms with E-state index >= 15 is 0 Å². The van der Waals surface area contributed by atoms with Gasteiger partial charge in [0.05, 0.1) is 0 Å². The largest absolute Gasteiger partial charge is 0.489 e. The van der Waals surface area contributed by atoms with Gasteiger partial charge in [0.2, 0.25) is 0 Å². The van der Waals surface area contributed by atoms with Gasteiger partial charge >= 0.3 is 0 Å². The highest BCUT2D eigenvalue weighted by Crippen LogP contribution is 2.17. The third-order valence-electron chi connectivity index (χ3n) is 2.34. The smallest absolute Gasteiger partial charge is 0.129 e. The molecule has 2 nitrogen and oxygen atoms in total. The number of pyridine rings is 1. The van der Waals surface area contributed by atoms with Crippen LogP contribution in [0, 0.1) is 12.7 Å². The van der Waals surface area contributed by atoms with E-state index < -0.39 is 0 Å². The first kappa shape index (κ1) is 12.0. The second kappa shape index (κ2) is 5.27. The van der Waals surface area contributed by atoms with Crippen LogP contribution in [0.2, 0.25) is 0 Å². The molecule has 88 valence electrons.